The first-order chi connectivity index (χ1) is 13.5. The Hall–Kier alpha value is -3.07. The van der Waals surface area contributed by atoms with Crippen molar-refractivity contribution in [2.45, 2.75) is 19.9 Å². The summed E-state index contributed by atoms with van der Waals surface area (Å²) in [7, 11) is 0. The van der Waals surface area contributed by atoms with E-state index in [1.807, 2.05) is 6.92 Å². The monoisotopic (exact) mass is 383 g/mol. The van der Waals surface area contributed by atoms with Crippen LogP contribution in [-0.4, -0.2) is 58.5 Å². The van der Waals surface area contributed by atoms with Crippen molar-refractivity contribution in [1.29, 1.82) is 0 Å². The lowest BCUT2D eigenvalue weighted by Gasteiger charge is -2.34. The van der Waals surface area contributed by atoms with E-state index in [2.05, 4.69) is 14.9 Å². The minimum absolute atomic E-state index is 0.0287. The van der Waals surface area contributed by atoms with Crippen molar-refractivity contribution >= 4 is 17.4 Å². The van der Waals surface area contributed by atoms with Gasteiger partial charge in [-0.3, -0.25) is 14.9 Å². The highest BCUT2D eigenvalue weighted by molar-refractivity contribution is 5.94. The molecule has 2 aliphatic heterocycles. The van der Waals surface area contributed by atoms with Crippen molar-refractivity contribution in [2.24, 2.45) is 0 Å². The average Bonchev–Trinajstić information content (AvgIpc) is 2.73. The molecule has 0 N–H and O–H groups in total. The number of aryl methyl sites for hydroxylation is 1. The number of rotatable bonds is 3. The van der Waals surface area contributed by atoms with Gasteiger partial charge in [0.25, 0.3) is 11.6 Å². The number of ether oxygens (including phenoxy) is 1. The summed E-state index contributed by atoms with van der Waals surface area (Å²) in [5, 5.41) is 10.8. The molecule has 2 aromatic rings. The van der Waals surface area contributed by atoms with Crippen molar-refractivity contribution in [3.63, 3.8) is 0 Å². The third-order valence-corrected chi connectivity index (χ3v) is 5.07. The zero-order chi connectivity index (χ0) is 19.7. The number of carbonyl (C=O) groups is 1. The van der Waals surface area contributed by atoms with Crippen molar-refractivity contribution in [3.05, 3.63) is 57.0 Å². The Balaban J connectivity index is 1.59. The van der Waals surface area contributed by atoms with E-state index < -0.39 is 4.92 Å². The first-order valence-electron chi connectivity index (χ1n) is 9.26. The van der Waals surface area contributed by atoms with Crippen LogP contribution >= 0.6 is 0 Å². The lowest BCUT2D eigenvalue weighted by atomic mass is 10.0. The third-order valence-electron chi connectivity index (χ3n) is 5.07. The Morgan fingerprint density at radius 1 is 1.14 bits per heavy atom. The molecule has 146 valence electrons. The Labute approximate surface area is 162 Å². The second-order valence-electron chi connectivity index (χ2n) is 6.90. The molecule has 1 aromatic carbocycles. The van der Waals surface area contributed by atoms with Crippen LogP contribution in [0.4, 0.5) is 11.5 Å². The van der Waals surface area contributed by atoms with Gasteiger partial charge in [0.05, 0.1) is 30.4 Å². The summed E-state index contributed by atoms with van der Waals surface area (Å²) in [5.41, 5.74) is 2.38. The Morgan fingerprint density at radius 3 is 2.54 bits per heavy atom. The first-order valence-corrected chi connectivity index (χ1v) is 9.26. The highest BCUT2D eigenvalue weighted by Crippen LogP contribution is 2.28. The van der Waals surface area contributed by atoms with Crippen LogP contribution in [0.5, 0.6) is 0 Å². The van der Waals surface area contributed by atoms with Gasteiger partial charge >= 0.3 is 0 Å². The molecular formula is C19H21N5O4. The maximum absolute atomic E-state index is 12.9. The number of nitro groups is 1. The van der Waals surface area contributed by atoms with Gasteiger partial charge < -0.3 is 14.5 Å². The smallest absolute Gasteiger partial charge is 0.269 e. The van der Waals surface area contributed by atoms with Crippen molar-refractivity contribution < 1.29 is 14.5 Å². The number of hydrogen-bond donors (Lipinski definition) is 0. The lowest BCUT2D eigenvalue weighted by molar-refractivity contribution is -0.384. The summed E-state index contributed by atoms with van der Waals surface area (Å²) < 4.78 is 5.44. The second-order valence-corrected chi connectivity index (χ2v) is 6.90. The summed E-state index contributed by atoms with van der Waals surface area (Å²) in [6.45, 7) is 5.71. The molecule has 28 heavy (non-hydrogen) atoms. The quantitative estimate of drug-likeness (QED) is 0.587. The van der Waals surface area contributed by atoms with Gasteiger partial charge in [0.1, 0.15) is 11.6 Å². The van der Waals surface area contributed by atoms with Crippen LogP contribution in [-0.2, 0) is 17.7 Å². The predicted octanol–water partition coefficient (Wildman–Crippen LogP) is 1.73. The second kappa shape index (κ2) is 7.51. The first kappa shape index (κ1) is 18.3. The van der Waals surface area contributed by atoms with Crippen LogP contribution in [0.3, 0.4) is 0 Å². The number of amides is 1. The molecule has 0 radical (unpaired) electrons. The Bertz CT molecular complexity index is 909. The number of hydrogen-bond acceptors (Lipinski definition) is 7. The van der Waals surface area contributed by atoms with Gasteiger partial charge in [0.15, 0.2) is 0 Å². The van der Waals surface area contributed by atoms with Crippen molar-refractivity contribution in [2.75, 3.05) is 37.7 Å². The fourth-order valence-corrected chi connectivity index (χ4v) is 3.64. The van der Waals surface area contributed by atoms with Crippen LogP contribution in [0.1, 0.15) is 27.4 Å². The number of nitrogens with zero attached hydrogens (tertiary/aromatic N) is 5. The van der Waals surface area contributed by atoms with Gasteiger partial charge in [0.2, 0.25) is 0 Å². The Kier molecular flexibility index (Phi) is 4.91. The van der Waals surface area contributed by atoms with E-state index in [0.717, 1.165) is 36.0 Å². The third kappa shape index (κ3) is 3.53. The lowest BCUT2D eigenvalue weighted by Crippen LogP contribution is -2.41. The van der Waals surface area contributed by atoms with E-state index in [0.29, 0.717) is 38.3 Å². The van der Waals surface area contributed by atoms with Crippen LogP contribution in [0.25, 0.3) is 0 Å². The molecule has 0 bridgehead atoms. The molecule has 1 saturated heterocycles. The van der Waals surface area contributed by atoms with E-state index in [1.165, 1.54) is 24.3 Å². The van der Waals surface area contributed by atoms with E-state index in [-0.39, 0.29) is 11.6 Å². The molecule has 0 unspecified atom stereocenters. The molecule has 0 atom stereocenters. The van der Waals surface area contributed by atoms with Crippen LogP contribution in [0, 0.1) is 17.0 Å². The SMILES string of the molecule is Cc1nc2c(c(N3CCOCC3)n1)CN(C(=O)c1ccc([N+](=O)[O-])cc1)CC2. The molecule has 1 amide bonds. The Morgan fingerprint density at radius 2 is 1.86 bits per heavy atom. The molecule has 0 spiro atoms. The summed E-state index contributed by atoms with van der Waals surface area (Å²) in [5.74, 6) is 1.47. The van der Waals surface area contributed by atoms with Crippen molar-refractivity contribution in [3.8, 4) is 0 Å². The summed E-state index contributed by atoms with van der Waals surface area (Å²) >= 11 is 0. The van der Waals surface area contributed by atoms with Gasteiger partial charge in [-0.15, -0.1) is 0 Å². The number of benzene rings is 1. The minimum atomic E-state index is -0.473. The van der Waals surface area contributed by atoms with Crippen LogP contribution in [0.2, 0.25) is 0 Å². The molecule has 3 heterocycles. The molecule has 0 saturated carbocycles. The molecule has 4 rings (SSSR count). The number of non-ortho nitro benzene ring substituents is 1. The number of carbonyl (C=O) groups excluding carboxylic acids is 1. The van der Waals surface area contributed by atoms with Gasteiger partial charge in [-0.1, -0.05) is 0 Å². The van der Waals surface area contributed by atoms with Gasteiger partial charge in [0, 0.05) is 49.3 Å². The summed E-state index contributed by atoms with van der Waals surface area (Å²) in [4.78, 5) is 36.5. The average molecular weight is 383 g/mol. The fourth-order valence-electron chi connectivity index (χ4n) is 3.64. The number of nitro benzene ring substituents is 1. The molecule has 2 aliphatic rings. The fraction of sp³-hybridized carbons (Fsp3) is 0.421. The number of fused-ring (bicyclic) bond motifs is 1. The maximum Gasteiger partial charge on any atom is 0.269 e. The zero-order valence-electron chi connectivity index (χ0n) is 15.6. The van der Waals surface area contributed by atoms with Gasteiger partial charge in [-0.2, -0.15) is 0 Å². The summed E-state index contributed by atoms with van der Waals surface area (Å²) in [6, 6.07) is 5.72. The predicted molar refractivity (Wildman–Crippen MR) is 101 cm³/mol. The van der Waals surface area contributed by atoms with E-state index >= 15 is 0 Å². The maximum atomic E-state index is 12.9. The standard InChI is InChI=1S/C19H21N5O4/c1-13-20-17-6-7-23(19(25)14-2-4-15(5-3-14)24(26)27)12-16(17)18(21-13)22-8-10-28-11-9-22/h2-5H,6-12H2,1H3. The molecule has 9 nitrogen and oxygen atoms in total. The van der Waals surface area contributed by atoms with E-state index in [1.54, 1.807) is 4.90 Å². The van der Waals surface area contributed by atoms with E-state index in [9.17, 15) is 14.9 Å². The number of aromatic nitrogens is 2. The molecule has 9 heteroatoms. The molecule has 0 aliphatic carbocycles. The van der Waals surface area contributed by atoms with Gasteiger partial charge in [-0.25, -0.2) is 9.97 Å². The summed E-state index contributed by atoms with van der Waals surface area (Å²) in [6.07, 6.45) is 0.661. The van der Waals surface area contributed by atoms with Crippen LogP contribution in [0.15, 0.2) is 24.3 Å². The minimum Gasteiger partial charge on any atom is -0.378 e. The largest absolute Gasteiger partial charge is 0.378 e. The zero-order valence-corrected chi connectivity index (χ0v) is 15.6. The molecule has 1 aromatic heterocycles. The number of morpholine rings is 1. The molecular weight excluding hydrogens is 362 g/mol. The normalized spacial score (nSPS) is 16.6. The number of anilines is 1. The highest BCUT2D eigenvalue weighted by Gasteiger charge is 2.28. The highest BCUT2D eigenvalue weighted by atomic mass is 16.6. The van der Waals surface area contributed by atoms with Crippen LogP contribution < -0.4 is 4.90 Å². The van der Waals surface area contributed by atoms with Crippen molar-refractivity contribution in [1.82, 2.24) is 14.9 Å². The van der Waals surface area contributed by atoms with E-state index in [4.69, 9.17) is 4.74 Å². The topological polar surface area (TPSA) is 102 Å². The molecule has 1 fully saturated rings. The van der Waals surface area contributed by atoms with Gasteiger partial charge in [-0.05, 0) is 19.1 Å².